The Hall–Kier alpha value is 0.170. The van der Waals surface area contributed by atoms with Crippen molar-refractivity contribution in [1.29, 1.82) is 0 Å². The highest BCUT2D eigenvalue weighted by Crippen LogP contribution is 2.11. The molecule has 1 aliphatic heterocycles. The number of hydrogen-bond donors (Lipinski definition) is 2. The molecule has 0 aromatic carbocycles. The lowest BCUT2D eigenvalue weighted by atomic mass is 10.1. The highest BCUT2D eigenvalue weighted by atomic mass is 35.5. The monoisotopic (exact) mass is 150 g/mol. The number of nitrogens with two attached hydrogens (primary N) is 1. The summed E-state index contributed by atoms with van der Waals surface area (Å²) in [7, 11) is 0. The molecule has 0 aromatic heterocycles. The standard InChI is InChI=1S/C5H11ClN2O/c6-4-3-9-2-1-5(4)8-7/h4-5,8H,1-3,7H2. The van der Waals surface area contributed by atoms with Crippen molar-refractivity contribution >= 4 is 11.6 Å². The Bertz CT molecular complexity index is 91.0. The molecule has 0 saturated carbocycles. The molecule has 2 atom stereocenters. The van der Waals surface area contributed by atoms with Gasteiger partial charge in [-0.05, 0) is 6.42 Å². The third kappa shape index (κ3) is 1.79. The van der Waals surface area contributed by atoms with E-state index in [-0.39, 0.29) is 11.4 Å². The minimum atomic E-state index is 0.0312. The number of ether oxygens (including phenoxy) is 1. The maximum Gasteiger partial charge on any atom is 0.0736 e. The van der Waals surface area contributed by atoms with E-state index in [4.69, 9.17) is 22.2 Å². The van der Waals surface area contributed by atoms with Gasteiger partial charge in [-0.1, -0.05) is 0 Å². The van der Waals surface area contributed by atoms with Gasteiger partial charge in [0.1, 0.15) is 0 Å². The molecule has 3 N–H and O–H groups in total. The average molecular weight is 151 g/mol. The summed E-state index contributed by atoms with van der Waals surface area (Å²) in [6, 6.07) is 0.223. The first-order chi connectivity index (χ1) is 4.34. The Morgan fingerprint density at radius 1 is 1.67 bits per heavy atom. The van der Waals surface area contributed by atoms with Gasteiger partial charge in [-0.15, -0.1) is 11.6 Å². The molecule has 3 nitrogen and oxygen atoms in total. The molecule has 0 aromatic rings. The molecule has 4 heteroatoms. The van der Waals surface area contributed by atoms with Crippen LogP contribution in [0.4, 0.5) is 0 Å². The van der Waals surface area contributed by atoms with Crippen molar-refractivity contribution in [3.05, 3.63) is 0 Å². The summed E-state index contributed by atoms with van der Waals surface area (Å²) in [6.07, 6.45) is 0.907. The lowest BCUT2D eigenvalue weighted by Gasteiger charge is -2.25. The largest absolute Gasteiger partial charge is 0.380 e. The third-order valence-corrected chi connectivity index (χ3v) is 1.93. The second kappa shape index (κ2) is 3.37. The van der Waals surface area contributed by atoms with Crippen LogP contribution in [0.25, 0.3) is 0 Å². The van der Waals surface area contributed by atoms with Crippen molar-refractivity contribution in [1.82, 2.24) is 5.43 Å². The molecule has 1 fully saturated rings. The van der Waals surface area contributed by atoms with E-state index >= 15 is 0 Å². The summed E-state index contributed by atoms with van der Waals surface area (Å²) in [4.78, 5) is 0. The summed E-state index contributed by atoms with van der Waals surface area (Å²) in [5.41, 5.74) is 2.64. The molecule has 54 valence electrons. The summed E-state index contributed by atoms with van der Waals surface area (Å²) < 4.78 is 5.09. The summed E-state index contributed by atoms with van der Waals surface area (Å²) >= 11 is 5.82. The van der Waals surface area contributed by atoms with Crippen molar-refractivity contribution in [2.24, 2.45) is 5.84 Å². The topological polar surface area (TPSA) is 47.3 Å². The summed E-state index contributed by atoms with van der Waals surface area (Å²) in [5, 5.41) is 0.0312. The maximum absolute atomic E-state index is 5.82. The molecule has 1 rings (SSSR count). The smallest absolute Gasteiger partial charge is 0.0736 e. The van der Waals surface area contributed by atoms with Crippen molar-refractivity contribution in [2.45, 2.75) is 17.8 Å². The number of hydrogen-bond acceptors (Lipinski definition) is 3. The van der Waals surface area contributed by atoms with Gasteiger partial charge in [0.2, 0.25) is 0 Å². The molecule has 0 spiro atoms. The van der Waals surface area contributed by atoms with Crippen LogP contribution in [0.1, 0.15) is 6.42 Å². The van der Waals surface area contributed by atoms with Crippen LogP contribution < -0.4 is 11.3 Å². The Kier molecular flexibility index (Phi) is 2.72. The Labute approximate surface area is 59.5 Å². The predicted octanol–water partition coefficient (Wildman–Crippen LogP) is -0.154. The predicted molar refractivity (Wildman–Crippen MR) is 36.2 cm³/mol. The fraction of sp³-hybridized carbons (Fsp3) is 1.00. The zero-order valence-corrected chi connectivity index (χ0v) is 5.90. The molecule has 0 bridgehead atoms. The fourth-order valence-electron chi connectivity index (χ4n) is 0.891. The summed E-state index contributed by atoms with van der Waals surface area (Å²) in [5.74, 6) is 5.20. The van der Waals surface area contributed by atoms with Gasteiger partial charge < -0.3 is 4.74 Å². The van der Waals surface area contributed by atoms with Crippen LogP contribution in [-0.4, -0.2) is 24.6 Å². The minimum Gasteiger partial charge on any atom is -0.380 e. The molecule has 0 radical (unpaired) electrons. The van der Waals surface area contributed by atoms with Gasteiger partial charge in [-0.3, -0.25) is 11.3 Å². The van der Waals surface area contributed by atoms with Crippen LogP contribution in [0.2, 0.25) is 0 Å². The molecule has 2 unspecified atom stereocenters. The van der Waals surface area contributed by atoms with Gasteiger partial charge in [-0.25, -0.2) is 0 Å². The van der Waals surface area contributed by atoms with E-state index in [0.29, 0.717) is 6.61 Å². The second-order valence-electron chi connectivity index (χ2n) is 2.15. The Balaban J connectivity index is 2.30. The van der Waals surface area contributed by atoms with Crippen LogP contribution >= 0.6 is 11.6 Å². The first-order valence-electron chi connectivity index (χ1n) is 3.02. The van der Waals surface area contributed by atoms with Gasteiger partial charge in [0.05, 0.1) is 12.0 Å². The molecule has 0 amide bonds. The minimum absolute atomic E-state index is 0.0312. The molecule has 9 heavy (non-hydrogen) atoms. The van der Waals surface area contributed by atoms with Gasteiger partial charge in [0.15, 0.2) is 0 Å². The number of rotatable bonds is 1. The lowest BCUT2D eigenvalue weighted by molar-refractivity contribution is 0.0815. The SMILES string of the molecule is NNC1CCOCC1Cl. The number of hydrazine groups is 1. The van der Waals surface area contributed by atoms with Gasteiger partial charge in [0.25, 0.3) is 0 Å². The fourth-order valence-corrected chi connectivity index (χ4v) is 1.18. The molecular weight excluding hydrogens is 140 g/mol. The van der Waals surface area contributed by atoms with Crippen molar-refractivity contribution in [3.8, 4) is 0 Å². The van der Waals surface area contributed by atoms with E-state index in [1.54, 1.807) is 0 Å². The number of halogens is 1. The highest BCUT2D eigenvalue weighted by molar-refractivity contribution is 6.21. The van der Waals surface area contributed by atoms with Gasteiger partial charge >= 0.3 is 0 Å². The third-order valence-electron chi connectivity index (χ3n) is 1.50. The Morgan fingerprint density at radius 2 is 2.44 bits per heavy atom. The lowest BCUT2D eigenvalue weighted by Crippen LogP contribution is -2.46. The first-order valence-corrected chi connectivity index (χ1v) is 3.46. The van der Waals surface area contributed by atoms with E-state index in [1.165, 1.54) is 0 Å². The zero-order valence-electron chi connectivity index (χ0n) is 5.14. The van der Waals surface area contributed by atoms with Crippen LogP contribution in [0.5, 0.6) is 0 Å². The quantitative estimate of drug-likeness (QED) is 0.311. The van der Waals surface area contributed by atoms with Crippen LogP contribution in [0.3, 0.4) is 0 Å². The van der Waals surface area contributed by atoms with Crippen molar-refractivity contribution in [2.75, 3.05) is 13.2 Å². The van der Waals surface area contributed by atoms with E-state index in [1.807, 2.05) is 0 Å². The molecule has 1 aliphatic rings. The van der Waals surface area contributed by atoms with E-state index in [9.17, 15) is 0 Å². The van der Waals surface area contributed by atoms with E-state index in [0.717, 1.165) is 13.0 Å². The molecular formula is C5H11ClN2O. The van der Waals surface area contributed by atoms with Crippen molar-refractivity contribution in [3.63, 3.8) is 0 Å². The first kappa shape index (κ1) is 7.28. The number of nitrogens with one attached hydrogen (secondary N) is 1. The molecule has 0 aliphatic carbocycles. The van der Waals surface area contributed by atoms with E-state index in [2.05, 4.69) is 5.43 Å². The average Bonchev–Trinajstić information content (AvgIpc) is 1.89. The van der Waals surface area contributed by atoms with Crippen LogP contribution in [0.15, 0.2) is 0 Å². The van der Waals surface area contributed by atoms with Gasteiger partial charge in [-0.2, -0.15) is 0 Å². The zero-order chi connectivity index (χ0) is 6.69. The highest BCUT2D eigenvalue weighted by Gasteiger charge is 2.21. The van der Waals surface area contributed by atoms with Crippen LogP contribution in [0, 0.1) is 0 Å². The molecule has 1 heterocycles. The normalized spacial score (nSPS) is 36.7. The number of alkyl halides is 1. The summed E-state index contributed by atoms with van der Waals surface area (Å²) in [6.45, 7) is 1.37. The van der Waals surface area contributed by atoms with Crippen LogP contribution in [-0.2, 0) is 4.74 Å². The van der Waals surface area contributed by atoms with Crippen molar-refractivity contribution < 1.29 is 4.74 Å². The van der Waals surface area contributed by atoms with E-state index < -0.39 is 0 Å². The molecule has 1 saturated heterocycles. The van der Waals surface area contributed by atoms with Gasteiger partial charge in [0, 0.05) is 12.6 Å². The maximum atomic E-state index is 5.82. The second-order valence-corrected chi connectivity index (χ2v) is 2.71. The Morgan fingerprint density at radius 3 is 2.89 bits per heavy atom.